The summed E-state index contributed by atoms with van der Waals surface area (Å²) in [5, 5.41) is 2.87. The molecule has 0 aliphatic carbocycles. The number of carbonyl (C=O) groups is 1. The molecule has 3 nitrogen and oxygen atoms in total. The zero-order chi connectivity index (χ0) is 12.1. The highest BCUT2D eigenvalue weighted by atomic mass is 79.9. The third-order valence-electron chi connectivity index (χ3n) is 2.29. The molecule has 0 saturated heterocycles. The normalized spacial score (nSPS) is 13.4. The van der Waals surface area contributed by atoms with Crippen LogP contribution in [0.25, 0.3) is 0 Å². The second-order valence-corrected chi connectivity index (χ2v) is 4.85. The van der Waals surface area contributed by atoms with Gasteiger partial charge in [0, 0.05) is 10.5 Å². The van der Waals surface area contributed by atoms with Gasteiger partial charge in [-0.2, -0.15) is 0 Å². The molecule has 0 radical (unpaired) electrons. The molecular weight excluding hydrogens is 304 g/mol. The van der Waals surface area contributed by atoms with Crippen LogP contribution in [-0.2, 0) is 11.2 Å². The van der Waals surface area contributed by atoms with Crippen molar-refractivity contribution < 1.29 is 4.79 Å². The first kappa shape index (κ1) is 16.4. The molecule has 5 heteroatoms. The molecular formula is C12H18BrClN2O. The summed E-state index contributed by atoms with van der Waals surface area (Å²) in [7, 11) is 0. The van der Waals surface area contributed by atoms with E-state index in [1.54, 1.807) is 6.92 Å². The number of rotatable bonds is 4. The van der Waals surface area contributed by atoms with E-state index in [0.29, 0.717) is 0 Å². The van der Waals surface area contributed by atoms with Gasteiger partial charge in [0.25, 0.3) is 0 Å². The van der Waals surface area contributed by atoms with E-state index in [-0.39, 0.29) is 24.4 Å². The van der Waals surface area contributed by atoms with E-state index in [9.17, 15) is 4.79 Å². The maximum atomic E-state index is 11.4. The maximum Gasteiger partial charge on any atom is 0.236 e. The fourth-order valence-corrected chi connectivity index (χ4v) is 1.87. The number of halogens is 2. The van der Waals surface area contributed by atoms with E-state index in [2.05, 4.69) is 21.2 Å². The molecule has 0 spiro atoms. The molecule has 0 heterocycles. The van der Waals surface area contributed by atoms with Crippen molar-refractivity contribution in [3.8, 4) is 0 Å². The summed E-state index contributed by atoms with van der Waals surface area (Å²) >= 11 is 3.48. The number of nitrogens with one attached hydrogen (secondary N) is 1. The Kier molecular flexibility index (Phi) is 7.43. The van der Waals surface area contributed by atoms with Gasteiger partial charge in [-0.3, -0.25) is 4.79 Å². The molecule has 0 saturated carbocycles. The SMILES string of the molecule is CC(Cc1ccccc1Br)NC(=O)[C@@H](C)N.Cl. The Bertz CT molecular complexity index is 371. The third kappa shape index (κ3) is 5.52. The molecule has 1 amide bonds. The van der Waals surface area contributed by atoms with Gasteiger partial charge in [0.2, 0.25) is 5.91 Å². The molecule has 96 valence electrons. The molecule has 0 aromatic heterocycles. The van der Waals surface area contributed by atoms with Crippen molar-refractivity contribution in [2.45, 2.75) is 32.4 Å². The van der Waals surface area contributed by atoms with Crippen molar-refractivity contribution in [3.63, 3.8) is 0 Å². The van der Waals surface area contributed by atoms with Crippen LogP contribution in [0.5, 0.6) is 0 Å². The number of nitrogens with two attached hydrogens (primary N) is 1. The monoisotopic (exact) mass is 320 g/mol. The van der Waals surface area contributed by atoms with Crippen molar-refractivity contribution in [1.29, 1.82) is 0 Å². The Hall–Kier alpha value is -0.580. The summed E-state index contributed by atoms with van der Waals surface area (Å²) < 4.78 is 1.07. The van der Waals surface area contributed by atoms with Crippen molar-refractivity contribution >= 4 is 34.2 Å². The van der Waals surface area contributed by atoms with E-state index in [4.69, 9.17) is 5.73 Å². The highest BCUT2D eigenvalue weighted by Crippen LogP contribution is 2.17. The largest absolute Gasteiger partial charge is 0.352 e. The highest BCUT2D eigenvalue weighted by molar-refractivity contribution is 9.10. The Balaban J connectivity index is 0.00000256. The zero-order valence-corrected chi connectivity index (χ0v) is 12.3. The molecule has 1 aromatic rings. The van der Waals surface area contributed by atoms with E-state index >= 15 is 0 Å². The predicted octanol–water partition coefficient (Wildman–Crippen LogP) is 2.27. The van der Waals surface area contributed by atoms with E-state index < -0.39 is 6.04 Å². The predicted molar refractivity (Wildman–Crippen MR) is 76.3 cm³/mol. The Morgan fingerprint density at radius 2 is 2.00 bits per heavy atom. The van der Waals surface area contributed by atoms with Crippen molar-refractivity contribution in [3.05, 3.63) is 34.3 Å². The van der Waals surface area contributed by atoms with Gasteiger partial charge in [0.05, 0.1) is 6.04 Å². The van der Waals surface area contributed by atoms with Crippen LogP contribution in [0.3, 0.4) is 0 Å². The maximum absolute atomic E-state index is 11.4. The van der Waals surface area contributed by atoms with E-state index in [0.717, 1.165) is 10.9 Å². The van der Waals surface area contributed by atoms with Crippen LogP contribution in [-0.4, -0.2) is 18.0 Å². The lowest BCUT2D eigenvalue weighted by atomic mass is 10.1. The number of amides is 1. The molecule has 17 heavy (non-hydrogen) atoms. The lowest BCUT2D eigenvalue weighted by Gasteiger charge is -2.16. The van der Waals surface area contributed by atoms with Gasteiger partial charge >= 0.3 is 0 Å². The highest BCUT2D eigenvalue weighted by Gasteiger charge is 2.12. The van der Waals surface area contributed by atoms with Gasteiger partial charge in [-0.1, -0.05) is 34.1 Å². The molecule has 2 atom stereocenters. The first-order chi connectivity index (χ1) is 7.50. The van der Waals surface area contributed by atoms with Gasteiger partial charge < -0.3 is 11.1 Å². The van der Waals surface area contributed by atoms with Crippen LogP contribution in [0.15, 0.2) is 28.7 Å². The molecule has 0 aliphatic rings. The lowest BCUT2D eigenvalue weighted by Crippen LogP contribution is -2.43. The molecule has 3 N–H and O–H groups in total. The van der Waals surface area contributed by atoms with Gasteiger partial charge in [-0.15, -0.1) is 12.4 Å². The topological polar surface area (TPSA) is 55.1 Å². The van der Waals surface area contributed by atoms with Gasteiger partial charge in [0.15, 0.2) is 0 Å². The molecule has 0 bridgehead atoms. The second kappa shape index (κ2) is 7.69. The Labute approximate surface area is 117 Å². The Morgan fingerprint density at radius 1 is 1.41 bits per heavy atom. The first-order valence-corrected chi connectivity index (χ1v) is 6.09. The summed E-state index contributed by atoms with van der Waals surface area (Å²) in [4.78, 5) is 11.4. The number of hydrogen-bond donors (Lipinski definition) is 2. The average Bonchev–Trinajstić information content (AvgIpc) is 2.21. The molecule has 0 aliphatic heterocycles. The summed E-state index contributed by atoms with van der Waals surface area (Å²) in [6.45, 7) is 3.65. The standard InChI is InChI=1S/C12H17BrN2O.ClH/c1-8(15-12(16)9(2)14)7-10-5-3-4-6-11(10)13;/h3-6,8-9H,7,14H2,1-2H3,(H,15,16);1H/t8?,9-;/m1./s1. The number of carbonyl (C=O) groups excluding carboxylic acids is 1. The summed E-state index contributed by atoms with van der Waals surface area (Å²) in [6, 6.07) is 7.62. The van der Waals surface area contributed by atoms with Crippen LogP contribution >= 0.6 is 28.3 Å². The molecule has 0 fully saturated rings. The number of benzene rings is 1. The zero-order valence-electron chi connectivity index (χ0n) is 9.94. The minimum absolute atomic E-state index is 0. The Morgan fingerprint density at radius 3 is 2.53 bits per heavy atom. The smallest absolute Gasteiger partial charge is 0.236 e. The number of hydrogen-bond acceptors (Lipinski definition) is 2. The molecule has 1 unspecified atom stereocenters. The summed E-state index contributed by atoms with van der Waals surface area (Å²) in [5.41, 5.74) is 6.67. The quantitative estimate of drug-likeness (QED) is 0.894. The minimum atomic E-state index is -0.457. The van der Waals surface area contributed by atoms with E-state index in [1.807, 2.05) is 31.2 Å². The van der Waals surface area contributed by atoms with Crippen LogP contribution < -0.4 is 11.1 Å². The van der Waals surface area contributed by atoms with Gasteiger partial charge in [0.1, 0.15) is 0 Å². The minimum Gasteiger partial charge on any atom is -0.352 e. The van der Waals surface area contributed by atoms with Crippen molar-refractivity contribution in [2.75, 3.05) is 0 Å². The molecule has 1 rings (SSSR count). The van der Waals surface area contributed by atoms with E-state index in [1.165, 1.54) is 5.56 Å². The van der Waals surface area contributed by atoms with Crippen LogP contribution in [0.2, 0.25) is 0 Å². The van der Waals surface area contributed by atoms with Crippen LogP contribution in [0, 0.1) is 0 Å². The van der Waals surface area contributed by atoms with Gasteiger partial charge in [-0.05, 0) is 31.9 Å². The molecule has 1 aromatic carbocycles. The van der Waals surface area contributed by atoms with Crippen molar-refractivity contribution in [1.82, 2.24) is 5.32 Å². The average molecular weight is 322 g/mol. The van der Waals surface area contributed by atoms with Crippen LogP contribution in [0.4, 0.5) is 0 Å². The second-order valence-electron chi connectivity index (χ2n) is 3.99. The fraction of sp³-hybridized carbons (Fsp3) is 0.417. The first-order valence-electron chi connectivity index (χ1n) is 5.30. The van der Waals surface area contributed by atoms with Crippen LogP contribution in [0.1, 0.15) is 19.4 Å². The fourth-order valence-electron chi connectivity index (χ4n) is 1.42. The summed E-state index contributed by atoms with van der Waals surface area (Å²) in [5.74, 6) is -0.112. The van der Waals surface area contributed by atoms with Gasteiger partial charge in [-0.25, -0.2) is 0 Å². The summed E-state index contributed by atoms with van der Waals surface area (Å²) in [6.07, 6.45) is 0.792. The third-order valence-corrected chi connectivity index (χ3v) is 3.06. The van der Waals surface area contributed by atoms with Crippen molar-refractivity contribution in [2.24, 2.45) is 5.73 Å². The lowest BCUT2D eigenvalue weighted by molar-refractivity contribution is -0.122.